The molecule has 5 atom stereocenters. The fourth-order valence-electron chi connectivity index (χ4n) is 14.1. The third kappa shape index (κ3) is 83.8. The Kier molecular flexibility index (Phi) is 79.8. The summed E-state index contributed by atoms with van der Waals surface area (Å²) < 4.78 is 69.0. The molecule has 19 heteroatoms. The molecule has 0 aromatic rings. The zero-order valence-corrected chi connectivity index (χ0v) is 73.7. The molecule has 0 spiro atoms. The number of unbranched alkanes of at least 4 members (excludes halogenated alkanes) is 59. The quantitative estimate of drug-likeness (QED) is 0.0222. The Balaban J connectivity index is 5.23. The Labute approximate surface area is 670 Å². The second kappa shape index (κ2) is 81.2. The Bertz CT molecular complexity index is 2080. The minimum absolute atomic E-state index is 0.107. The highest BCUT2D eigenvalue weighted by Gasteiger charge is 2.31. The monoisotopic (exact) mass is 1590 g/mol. The molecule has 0 bridgehead atoms. The van der Waals surface area contributed by atoms with Crippen molar-refractivity contribution in [3.63, 3.8) is 0 Å². The molecule has 0 radical (unpaired) electrons. The summed E-state index contributed by atoms with van der Waals surface area (Å²) in [5.41, 5.74) is 0. The standard InChI is InChI=1S/C90H176O17P2/c1-7-9-11-13-15-17-19-21-23-25-27-29-30-32-34-36-40-44-48-56-62-68-74-89(94)106-85(78-100-87(92)72-66-60-54-47-43-39-35-33-31-28-26-24-22-20-18-16-14-12-10-8-2)80-104-108(96,97)102-76-84(91)77-103-109(98,99)105-81-86(79-101-88(93)73-67-61-55-51-50-53-59-65-71-83(5)6)107-90(95)75-69-63-57-49-45-41-37-38-42-46-52-58-64-70-82(3)4/h82-86,91H,7-81H2,1-6H3,(H,96,97)(H,98,99)/t84-,85-,86-/m1/s1. The van der Waals surface area contributed by atoms with Gasteiger partial charge in [0, 0.05) is 25.7 Å². The van der Waals surface area contributed by atoms with Crippen LogP contribution in [0.3, 0.4) is 0 Å². The zero-order chi connectivity index (χ0) is 79.9. The van der Waals surface area contributed by atoms with E-state index >= 15 is 0 Å². The number of carbonyl (C=O) groups excluding carboxylic acids is 4. The number of rotatable bonds is 89. The fourth-order valence-corrected chi connectivity index (χ4v) is 15.7. The molecular formula is C90H176O17P2. The molecule has 0 amide bonds. The number of esters is 4. The van der Waals surface area contributed by atoms with E-state index in [0.29, 0.717) is 25.7 Å². The molecular weight excluding hydrogens is 1410 g/mol. The van der Waals surface area contributed by atoms with Crippen molar-refractivity contribution in [3.8, 4) is 0 Å². The van der Waals surface area contributed by atoms with Gasteiger partial charge < -0.3 is 33.8 Å². The Hall–Kier alpha value is -1.94. The maximum atomic E-state index is 13.2. The van der Waals surface area contributed by atoms with Crippen molar-refractivity contribution in [1.82, 2.24) is 0 Å². The van der Waals surface area contributed by atoms with Gasteiger partial charge in [-0.1, -0.05) is 433 Å². The van der Waals surface area contributed by atoms with Crippen molar-refractivity contribution >= 4 is 39.5 Å². The molecule has 0 aliphatic rings. The molecule has 0 fully saturated rings. The maximum Gasteiger partial charge on any atom is 0.472 e. The number of aliphatic hydroxyl groups excluding tert-OH is 1. The fraction of sp³-hybridized carbons (Fsp3) is 0.956. The van der Waals surface area contributed by atoms with Gasteiger partial charge in [-0.2, -0.15) is 0 Å². The van der Waals surface area contributed by atoms with Crippen LogP contribution in [-0.2, 0) is 65.4 Å². The average molecular weight is 1590 g/mol. The van der Waals surface area contributed by atoms with Gasteiger partial charge in [-0.05, 0) is 37.5 Å². The lowest BCUT2D eigenvalue weighted by Gasteiger charge is -2.21. The van der Waals surface area contributed by atoms with Gasteiger partial charge in [0.1, 0.15) is 19.3 Å². The first-order chi connectivity index (χ1) is 52.9. The summed E-state index contributed by atoms with van der Waals surface area (Å²) in [6.45, 7) is 9.67. The highest BCUT2D eigenvalue weighted by atomic mass is 31.2. The van der Waals surface area contributed by atoms with Crippen molar-refractivity contribution in [1.29, 1.82) is 0 Å². The summed E-state index contributed by atoms with van der Waals surface area (Å²) in [6, 6.07) is 0. The van der Waals surface area contributed by atoms with Crippen molar-refractivity contribution in [2.24, 2.45) is 11.8 Å². The van der Waals surface area contributed by atoms with Crippen LogP contribution in [0.4, 0.5) is 0 Å². The minimum Gasteiger partial charge on any atom is -0.462 e. The molecule has 0 aliphatic carbocycles. The summed E-state index contributed by atoms with van der Waals surface area (Å²) in [4.78, 5) is 73.4. The number of phosphoric ester groups is 2. The molecule has 17 nitrogen and oxygen atoms in total. The zero-order valence-electron chi connectivity index (χ0n) is 71.9. The van der Waals surface area contributed by atoms with Gasteiger partial charge in [0.2, 0.25) is 0 Å². The summed E-state index contributed by atoms with van der Waals surface area (Å²) in [5, 5.41) is 10.7. The summed E-state index contributed by atoms with van der Waals surface area (Å²) in [5.74, 6) is -0.587. The van der Waals surface area contributed by atoms with Crippen LogP contribution < -0.4 is 0 Å². The van der Waals surface area contributed by atoms with Gasteiger partial charge in [0.05, 0.1) is 26.4 Å². The van der Waals surface area contributed by atoms with Crippen molar-refractivity contribution in [2.45, 2.75) is 503 Å². The smallest absolute Gasteiger partial charge is 0.462 e. The second-order valence-corrected chi connectivity index (χ2v) is 36.2. The van der Waals surface area contributed by atoms with Gasteiger partial charge in [-0.15, -0.1) is 0 Å². The highest BCUT2D eigenvalue weighted by molar-refractivity contribution is 7.47. The van der Waals surface area contributed by atoms with E-state index in [2.05, 4.69) is 41.5 Å². The third-order valence-corrected chi connectivity index (χ3v) is 23.1. The van der Waals surface area contributed by atoms with Crippen LogP contribution in [-0.4, -0.2) is 96.7 Å². The van der Waals surface area contributed by atoms with Crippen molar-refractivity contribution in [3.05, 3.63) is 0 Å². The number of ether oxygens (including phenoxy) is 4. The van der Waals surface area contributed by atoms with Crippen LogP contribution in [0.2, 0.25) is 0 Å². The molecule has 648 valence electrons. The van der Waals surface area contributed by atoms with Gasteiger partial charge in [0.15, 0.2) is 12.2 Å². The lowest BCUT2D eigenvalue weighted by atomic mass is 10.0. The van der Waals surface area contributed by atoms with Crippen LogP contribution in [0.25, 0.3) is 0 Å². The normalized spacial score (nSPS) is 13.8. The van der Waals surface area contributed by atoms with E-state index in [1.807, 2.05) is 0 Å². The maximum absolute atomic E-state index is 13.2. The Morgan fingerprint density at radius 1 is 0.248 bits per heavy atom. The number of aliphatic hydroxyl groups is 1. The molecule has 0 aliphatic heterocycles. The van der Waals surface area contributed by atoms with E-state index in [4.69, 9.17) is 37.0 Å². The summed E-state index contributed by atoms with van der Waals surface area (Å²) in [6.07, 6.45) is 75.2. The van der Waals surface area contributed by atoms with Gasteiger partial charge >= 0.3 is 39.5 Å². The molecule has 0 rings (SSSR count). The topological polar surface area (TPSA) is 237 Å². The molecule has 0 aromatic carbocycles. The van der Waals surface area contributed by atoms with E-state index in [1.165, 1.54) is 302 Å². The van der Waals surface area contributed by atoms with E-state index in [1.54, 1.807) is 0 Å². The Morgan fingerprint density at radius 3 is 0.624 bits per heavy atom. The predicted octanol–water partition coefficient (Wildman–Crippen LogP) is 27.8. The van der Waals surface area contributed by atoms with E-state index in [-0.39, 0.29) is 25.7 Å². The first-order valence-electron chi connectivity index (χ1n) is 46.5. The summed E-state index contributed by atoms with van der Waals surface area (Å²) in [7, 11) is -9.93. The average Bonchev–Trinajstić information content (AvgIpc) is 0.901. The molecule has 0 heterocycles. The van der Waals surface area contributed by atoms with Crippen molar-refractivity contribution in [2.75, 3.05) is 39.6 Å². The van der Waals surface area contributed by atoms with E-state index < -0.39 is 97.5 Å². The van der Waals surface area contributed by atoms with Crippen LogP contribution in [0, 0.1) is 11.8 Å². The molecule has 3 N–H and O–H groups in total. The molecule has 109 heavy (non-hydrogen) atoms. The van der Waals surface area contributed by atoms with E-state index in [0.717, 1.165) is 102 Å². The lowest BCUT2D eigenvalue weighted by Crippen LogP contribution is -2.30. The molecule has 0 aromatic heterocycles. The molecule has 2 unspecified atom stereocenters. The first kappa shape index (κ1) is 107. The van der Waals surface area contributed by atoms with Crippen LogP contribution >= 0.6 is 15.6 Å². The third-order valence-electron chi connectivity index (χ3n) is 21.2. The predicted molar refractivity (Wildman–Crippen MR) is 451 cm³/mol. The number of carbonyl (C=O) groups is 4. The molecule has 0 saturated heterocycles. The Morgan fingerprint density at radius 2 is 0.422 bits per heavy atom. The van der Waals surface area contributed by atoms with Crippen molar-refractivity contribution < 1.29 is 80.2 Å². The van der Waals surface area contributed by atoms with E-state index in [9.17, 15) is 43.2 Å². The largest absolute Gasteiger partial charge is 0.472 e. The number of hydrogen-bond acceptors (Lipinski definition) is 15. The van der Waals surface area contributed by atoms with Gasteiger partial charge in [-0.25, -0.2) is 9.13 Å². The first-order valence-corrected chi connectivity index (χ1v) is 49.5. The van der Waals surface area contributed by atoms with Crippen LogP contribution in [0.15, 0.2) is 0 Å². The van der Waals surface area contributed by atoms with Crippen LogP contribution in [0.1, 0.15) is 485 Å². The lowest BCUT2D eigenvalue weighted by molar-refractivity contribution is -0.161. The molecule has 0 saturated carbocycles. The summed E-state index contributed by atoms with van der Waals surface area (Å²) >= 11 is 0. The van der Waals surface area contributed by atoms with Crippen LogP contribution in [0.5, 0.6) is 0 Å². The number of hydrogen-bond donors (Lipinski definition) is 3. The van der Waals surface area contributed by atoms with Gasteiger partial charge in [-0.3, -0.25) is 37.3 Å². The SMILES string of the molecule is CCCCCCCCCCCCCCCCCCCCCCCCC(=O)O[C@H](COC(=O)CCCCCCCCCCCCCCCCCCCCCC)COP(=O)(O)OC[C@@H](O)COP(=O)(O)OC[C@@H](COC(=O)CCCCCCCCCCC(C)C)OC(=O)CCCCCCCCCCCCCCCC(C)C. The second-order valence-electron chi connectivity index (χ2n) is 33.3. The number of phosphoric acid groups is 2. The van der Waals surface area contributed by atoms with Gasteiger partial charge in [0.25, 0.3) is 0 Å². The minimum atomic E-state index is -4.97. The highest BCUT2D eigenvalue weighted by Crippen LogP contribution is 2.45.